The van der Waals surface area contributed by atoms with E-state index < -0.39 is 0 Å². The van der Waals surface area contributed by atoms with E-state index in [0.717, 1.165) is 31.1 Å². The zero-order valence-corrected chi connectivity index (χ0v) is 16.8. The highest BCUT2D eigenvalue weighted by molar-refractivity contribution is 5.75. The number of rotatable bonds is 3. The van der Waals surface area contributed by atoms with Crippen LogP contribution in [0.15, 0.2) is 42.6 Å². The normalized spacial score (nSPS) is 19.4. The number of anilines is 3. The molecule has 0 unspecified atom stereocenters. The zero-order chi connectivity index (χ0) is 21.4. The van der Waals surface area contributed by atoms with Crippen molar-refractivity contribution in [2.75, 3.05) is 41.7 Å². The van der Waals surface area contributed by atoms with Crippen molar-refractivity contribution in [3.63, 3.8) is 0 Å². The van der Waals surface area contributed by atoms with Crippen molar-refractivity contribution in [1.82, 2.24) is 20.2 Å². The lowest BCUT2D eigenvalue weighted by Gasteiger charge is -2.45. The van der Waals surface area contributed by atoms with Gasteiger partial charge in [0.1, 0.15) is 11.6 Å². The molecule has 5 N–H and O–H groups in total. The highest BCUT2D eigenvalue weighted by atomic mass is 16.3. The van der Waals surface area contributed by atoms with Crippen LogP contribution >= 0.6 is 0 Å². The molecule has 3 aromatic rings. The molecule has 9 heteroatoms. The van der Waals surface area contributed by atoms with Crippen LogP contribution in [0, 0.1) is 17.8 Å². The minimum Gasteiger partial charge on any atom is -0.507 e. The Balaban J connectivity index is 1.37. The Morgan fingerprint density at radius 1 is 1.13 bits per heavy atom. The number of phenols is 1. The number of hydrogen-bond acceptors (Lipinski definition) is 9. The molecule has 31 heavy (non-hydrogen) atoms. The summed E-state index contributed by atoms with van der Waals surface area (Å²) in [6, 6.07) is 11.2. The van der Waals surface area contributed by atoms with Crippen molar-refractivity contribution < 1.29 is 5.11 Å². The quantitative estimate of drug-likeness (QED) is 0.534. The van der Waals surface area contributed by atoms with Crippen LogP contribution in [0.2, 0.25) is 0 Å². The molecule has 5 rings (SSSR count). The van der Waals surface area contributed by atoms with Crippen LogP contribution in [-0.2, 0) is 0 Å². The Labute approximate surface area is 179 Å². The SMILES string of the molecule is NCC#Cc1nccc(N2C[C@H]3CN(c4cc(-c5ccccc5O)nnc4N)[C@H]3C2)n1. The third kappa shape index (κ3) is 3.47. The summed E-state index contributed by atoms with van der Waals surface area (Å²) >= 11 is 0. The van der Waals surface area contributed by atoms with Gasteiger partial charge in [0.25, 0.3) is 0 Å². The number of para-hydroxylation sites is 1. The molecule has 2 saturated heterocycles. The second-order valence-corrected chi connectivity index (χ2v) is 7.65. The van der Waals surface area contributed by atoms with Gasteiger partial charge in [0.15, 0.2) is 5.82 Å². The maximum absolute atomic E-state index is 10.2. The summed E-state index contributed by atoms with van der Waals surface area (Å²) in [7, 11) is 0. The summed E-state index contributed by atoms with van der Waals surface area (Å²) in [5.74, 6) is 8.08. The number of aromatic hydroxyl groups is 1. The van der Waals surface area contributed by atoms with Gasteiger partial charge >= 0.3 is 0 Å². The smallest absolute Gasteiger partial charge is 0.206 e. The van der Waals surface area contributed by atoms with Crippen molar-refractivity contribution in [1.29, 1.82) is 0 Å². The summed E-state index contributed by atoms with van der Waals surface area (Å²) < 4.78 is 0. The molecule has 156 valence electrons. The number of phenolic OH excluding ortho intramolecular Hbond substituents is 1. The molecule has 0 spiro atoms. The first-order valence-electron chi connectivity index (χ1n) is 10.1. The van der Waals surface area contributed by atoms with Crippen molar-refractivity contribution in [3.05, 3.63) is 48.4 Å². The van der Waals surface area contributed by atoms with Crippen LogP contribution in [0.5, 0.6) is 5.75 Å². The number of nitrogen functional groups attached to an aromatic ring is 1. The molecule has 2 aliphatic rings. The summed E-state index contributed by atoms with van der Waals surface area (Å²) in [4.78, 5) is 13.3. The molecule has 4 heterocycles. The largest absolute Gasteiger partial charge is 0.507 e. The summed E-state index contributed by atoms with van der Waals surface area (Å²) in [6.45, 7) is 2.88. The van der Waals surface area contributed by atoms with Crippen LogP contribution < -0.4 is 21.3 Å². The Kier molecular flexibility index (Phi) is 4.76. The lowest BCUT2D eigenvalue weighted by atomic mass is 9.91. The lowest BCUT2D eigenvalue weighted by molar-refractivity contribution is 0.366. The number of fused-ring (bicyclic) bond motifs is 1. The van der Waals surface area contributed by atoms with E-state index in [0.29, 0.717) is 34.9 Å². The summed E-state index contributed by atoms with van der Waals surface area (Å²) in [5.41, 5.74) is 13.7. The average Bonchev–Trinajstić information content (AvgIpc) is 3.11. The Morgan fingerprint density at radius 2 is 2.00 bits per heavy atom. The van der Waals surface area contributed by atoms with E-state index in [9.17, 15) is 5.11 Å². The van der Waals surface area contributed by atoms with Crippen molar-refractivity contribution >= 4 is 17.3 Å². The fourth-order valence-electron chi connectivity index (χ4n) is 4.26. The Bertz CT molecular complexity index is 1190. The van der Waals surface area contributed by atoms with E-state index in [1.807, 2.05) is 24.3 Å². The standard InChI is InChI=1S/C22H22N8O/c23-8-3-6-20-25-9-7-21(26-20)29-11-14-12-30(18(14)13-29)17-10-16(27-28-22(17)24)15-4-1-2-5-19(15)31/h1-2,4-5,7,9-10,14,18,31H,8,11-13,23H2,(H2,24,28)/t14-,18-/m0/s1. The Morgan fingerprint density at radius 3 is 2.84 bits per heavy atom. The minimum absolute atomic E-state index is 0.165. The van der Waals surface area contributed by atoms with Gasteiger partial charge in [0.2, 0.25) is 5.82 Å². The maximum atomic E-state index is 10.2. The molecule has 0 amide bonds. The molecule has 0 bridgehead atoms. The first kappa shape index (κ1) is 19.1. The second-order valence-electron chi connectivity index (χ2n) is 7.65. The van der Waals surface area contributed by atoms with E-state index in [1.54, 1.807) is 18.3 Å². The molecule has 1 aromatic carbocycles. The van der Waals surface area contributed by atoms with Crippen LogP contribution in [-0.4, -0.2) is 57.5 Å². The predicted octanol–water partition coefficient (Wildman–Crippen LogP) is 0.857. The highest BCUT2D eigenvalue weighted by Crippen LogP contribution is 2.41. The molecule has 2 aliphatic heterocycles. The van der Waals surface area contributed by atoms with Gasteiger partial charge in [-0.2, -0.15) is 0 Å². The van der Waals surface area contributed by atoms with Gasteiger partial charge in [-0.15, -0.1) is 10.2 Å². The van der Waals surface area contributed by atoms with Gasteiger partial charge in [0.05, 0.1) is 24.0 Å². The van der Waals surface area contributed by atoms with Crippen LogP contribution in [0.1, 0.15) is 5.82 Å². The van der Waals surface area contributed by atoms with Gasteiger partial charge in [-0.05, 0) is 30.2 Å². The first-order chi connectivity index (χ1) is 15.1. The maximum Gasteiger partial charge on any atom is 0.206 e. The number of benzene rings is 1. The van der Waals surface area contributed by atoms with E-state index in [2.05, 4.69) is 41.8 Å². The molecule has 0 radical (unpaired) electrons. The predicted molar refractivity (Wildman–Crippen MR) is 118 cm³/mol. The molecule has 2 aromatic heterocycles. The number of nitrogens with two attached hydrogens (primary N) is 2. The molecule has 0 saturated carbocycles. The molecule has 9 nitrogen and oxygen atoms in total. The van der Waals surface area contributed by atoms with Gasteiger partial charge in [-0.1, -0.05) is 18.1 Å². The van der Waals surface area contributed by atoms with Gasteiger partial charge < -0.3 is 26.4 Å². The topological polar surface area (TPSA) is 130 Å². The second kappa shape index (κ2) is 7.74. The summed E-state index contributed by atoms with van der Waals surface area (Å²) in [6.07, 6.45) is 1.73. The fourth-order valence-corrected chi connectivity index (χ4v) is 4.26. The van der Waals surface area contributed by atoms with E-state index >= 15 is 0 Å². The van der Waals surface area contributed by atoms with E-state index in [1.165, 1.54) is 0 Å². The first-order valence-corrected chi connectivity index (χ1v) is 10.1. The van der Waals surface area contributed by atoms with E-state index in [-0.39, 0.29) is 12.3 Å². The van der Waals surface area contributed by atoms with Gasteiger partial charge in [-0.25, -0.2) is 9.97 Å². The monoisotopic (exact) mass is 414 g/mol. The van der Waals surface area contributed by atoms with Crippen molar-refractivity contribution in [2.24, 2.45) is 11.7 Å². The third-order valence-corrected chi connectivity index (χ3v) is 5.80. The third-order valence-electron chi connectivity index (χ3n) is 5.80. The van der Waals surface area contributed by atoms with Crippen molar-refractivity contribution in [2.45, 2.75) is 6.04 Å². The van der Waals surface area contributed by atoms with Crippen LogP contribution in [0.25, 0.3) is 11.3 Å². The highest BCUT2D eigenvalue weighted by Gasteiger charge is 2.46. The number of hydrogen-bond donors (Lipinski definition) is 3. The van der Waals surface area contributed by atoms with Crippen LogP contribution in [0.4, 0.5) is 17.3 Å². The Hall–Kier alpha value is -3.90. The van der Waals surface area contributed by atoms with E-state index in [4.69, 9.17) is 11.5 Å². The van der Waals surface area contributed by atoms with Crippen LogP contribution in [0.3, 0.4) is 0 Å². The minimum atomic E-state index is 0.165. The molecular weight excluding hydrogens is 392 g/mol. The molecule has 2 atom stereocenters. The lowest BCUT2D eigenvalue weighted by Crippen LogP contribution is -2.56. The van der Waals surface area contributed by atoms with Gasteiger partial charge in [-0.3, -0.25) is 0 Å². The molecule has 2 fully saturated rings. The van der Waals surface area contributed by atoms with Crippen molar-refractivity contribution in [3.8, 4) is 28.8 Å². The van der Waals surface area contributed by atoms with Gasteiger partial charge in [0, 0.05) is 37.3 Å². The molecular formula is C22H22N8O. The zero-order valence-electron chi connectivity index (χ0n) is 16.8. The number of nitrogens with zero attached hydrogens (tertiary/aromatic N) is 6. The fraction of sp³-hybridized carbons (Fsp3) is 0.273. The average molecular weight is 414 g/mol. The summed E-state index contributed by atoms with van der Waals surface area (Å²) in [5, 5.41) is 18.5. The number of aromatic nitrogens is 4. The molecule has 0 aliphatic carbocycles.